The first-order chi connectivity index (χ1) is 9.65. The smallest absolute Gasteiger partial charge is 0.123 e. The largest absolute Gasteiger partial charge is 0.207 e. The van der Waals surface area contributed by atoms with Crippen LogP contribution < -0.4 is 0 Å². The highest BCUT2D eigenvalue weighted by molar-refractivity contribution is 9.10. The first-order valence-electron chi connectivity index (χ1n) is 6.86. The molecule has 0 fully saturated rings. The summed E-state index contributed by atoms with van der Waals surface area (Å²) >= 11 is 10.0. The molecule has 0 radical (unpaired) electrons. The summed E-state index contributed by atoms with van der Waals surface area (Å²) in [7, 11) is 0. The van der Waals surface area contributed by atoms with Crippen LogP contribution in [0.25, 0.3) is 0 Å². The summed E-state index contributed by atoms with van der Waals surface area (Å²) in [5.41, 5.74) is 4.65. The van der Waals surface area contributed by atoms with E-state index in [0.717, 1.165) is 28.4 Å². The average molecular weight is 354 g/mol. The molecule has 0 bridgehead atoms. The Morgan fingerprint density at radius 1 is 1.00 bits per heavy atom. The lowest BCUT2D eigenvalue weighted by atomic mass is 9.89. The molecule has 0 heterocycles. The van der Waals surface area contributed by atoms with Gasteiger partial charge in [0.1, 0.15) is 5.82 Å². The molecule has 0 spiro atoms. The molecule has 0 saturated carbocycles. The van der Waals surface area contributed by atoms with E-state index in [2.05, 4.69) is 34.1 Å². The molecule has 1 atom stereocenters. The van der Waals surface area contributed by atoms with Gasteiger partial charge < -0.3 is 0 Å². The molecule has 0 aliphatic heterocycles. The van der Waals surface area contributed by atoms with Gasteiger partial charge in [0.2, 0.25) is 0 Å². The summed E-state index contributed by atoms with van der Waals surface area (Å²) in [6, 6.07) is 11.1. The lowest BCUT2D eigenvalue weighted by Gasteiger charge is -2.19. The van der Waals surface area contributed by atoms with Gasteiger partial charge in [-0.1, -0.05) is 34.1 Å². The topological polar surface area (TPSA) is 0 Å². The van der Waals surface area contributed by atoms with Crippen LogP contribution in [-0.4, -0.2) is 0 Å². The number of halogens is 3. The van der Waals surface area contributed by atoms with Crippen molar-refractivity contribution in [1.29, 1.82) is 0 Å². The van der Waals surface area contributed by atoms with Gasteiger partial charge in [0.05, 0.1) is 5.38 Å². The maximum absolute atomic E-state index is 13.4. The SMILES string of the molecule is Fc1ccc(Br)c(C(Cl)c2ccc3c(c2)CCCC3)c1. The Hall–Kier alpha value is -0.860. The molecule has 20 heavy (non-hydrogen) atoms. The fourth-order valence-corrected chi connectivity index (χ4v) is 3.72. The summed E-state index contributed by atoms with van der Waals surface area (Å²) in [5, 5.41) is -0.327. The lowest BCUT2D eigenvalue weighted by molar-refractivity contribution is 0.625. The summed E-state index contributed by atoms with van der Waals surface area (Å²) in [6.45, 7) is 0. The van der Waals surface area contributed by atoms with Crippen LogP contribution in [0.15, 0.2) is 40.9 Å². The van der Waals surface area contributed by atoms with Crippen LogP contribution in [0.1, 0.15) is 40.5 Å². The number of rotatable bonds is 2. The van der Waals surface area contributed by atoms with Gasteiger partial charge in [-0.3, -0.25) is 0 Å². The van der Waals surface area contributed by atoms with Gasteiger partial charge in [0.25, 0.3) is 0 Å². The van der Waals surface area contributed by atoms with Crippen LogP contribution in [0, 0.1) is 5.82 Å². The maximum atomic E-state index is 13.4. The highest BCUT2D eigenvalue weighted by atomic mass is 79.9. The molecular weight excluding hydrogens is 339 g/mol. The first-order valence-corrected chi connectivity index (χ1v) is 8.09. The van der Waals surface area contributed by atoms with Crippen LogP contribution >= 0.6 is 27.5 Å². The van der Waals surface area contributed by atoms with Crippen LogP contribution in [-0.2, 0) is 12.8 Å². The molecule has 0 N–H and O–H groups in total. The second-order valence-electron chi connectivity index (χ2n) is 5.26. The van der Waals surface area contributed by atoms with E-state index >= 15 is 0 Å². The summed E-state index contributed by atoms with van der Waals surface area (Å²) < 4.78 is 14.3. The molecule has 1 aliphatic carbocycles. The van der Waals surface area contributed by atoms with E-state index in [0.29, 0.717) is 0 Å². The highest BCUT2D eigenvalue weighted by Gasteiger charge is 2.17. The van der Waals surface area contributed by atoms with Crippen molar-refractivity contribution in [3.05, 3.63) is 68.9 Å². The van der Waals surface area contributed by atoms with Gasteiger partial charge >= 0.3 is 0 Å². The minimum atomic E-state index is -0.327. The van der Waals surface area contributed by atoms with Crippen molar-refractivity contribution >= 4 is 27.5 Å². The van der Waals surface area contributed by atoms with Crippen LogP contribution in [0.5, 0.6) is 0 Å². The fourth-order valence-electron chi connectivity index (χ4n) is 2.80. The van der Waals surface area contributed by atoms with Gasteiger partial charge in [-0.2, -0.15) is 0 Å². The van der Waals surface area contributed by atoms with Crippen LogP contribution in [0.3, 0.4) is 0 Å². The predicted molar refractivity (Wildman–Crippen MR) is 84.9 cm³/mol. The molecule has 0 amide bonds. The van der Waals surface area contributed by atoms with E-state index < -0.39 is 0 Å². The van der Waals surface area contributed by atoms with Gasteiger partial charge in [0, 0.05) is 4.47 Å². The van der Waals surface area contributed by atoms with Gasteiger partial charge in [0.15, 0.2) is 0 Å². The molecule has 0 nitrogen and oxygen atoms in total. The summed E-state index contributed by atoms with van der Waals surface area (Å²) in [6.07, 6.45) is 4.79. The van der Waals surface area contributed by atoms with E-state index in [4.69, 9.17) is 11.6 Å². The molecule has 2 aromatic rings. The average Bonchev–Trinajstić information content (AvgIpc) is 2.48. The minimum absolute atomic E-state index is 0.258. The third-order valence-corrected chi connectivity index (χ3v) is 5.11. The number of fused-ring (bicyclic) bond motifs is 1. The molecule has 1 aliphatic rings. The number of hydrogen-bond acceptors (Lipinski definition) is 0. The quantitative estimate of drug-likeness (QED) is 0.599. The summed E-state index contributed by atoms with van der Waals surface area (Å²) in [5.74, 6) is -0.258. The van der Waals surface area contributed by atoms with Gasteiger partial charge in [-0.05, 0) is 66.1 Å². The zero-order chi connectivity index (χ0) is 14.1. The Labute approximate surface area is 132 Å². The number of hydrogen-bond donors (Lipinski definition) is 0. The van der Waals surface area contributed by atoms with Crippen LogP contribution in [0.4, 0.5) is 4.39 Å². The number of aryl methyl sites for hydroxylation is 2. The molecule has 2 aromatic carbocycles. The van der Waals surface area contributed by atoms with Crippen molar-refractivity contribution in [2.75, 3.05) is 0 Å². The molecule has 0 aromatic heterocycles. The second kappa shape index (κ2) is 5.87. The monoisotopic (exact) mass is 352 g/mol. The van der Waals surface area contributed by atoms with Gasteiger partial charge in [-0.15, -0.1) is 11.6 Å². The fraction of sp³-hybridized carbons (Fsp3) is 0.294. The zero-order valence-electron chi connectivity index (χ0n) is 11.0. The molecule has 3 heteroatoms. The van der Waals surface area contributed by atoms with Crippen LogP contribution in [0.2, 0.25) is 0 Å². The Morgan fingerprint density at radius 2 is 1.75 bits per heavy atom. The van der Waals surface area contributed by atoms with E-state index in [1.807, 2.05) is 0 Å². The van der Waals surface area contributed by atoms with Gasteiger partial charge in [-0.25, -0.2) is 4.39 Å². The molecule has 1 unspecified atom stereocenters. The first kappa shape index (κ1) is 14.1. The molecule has 3 rings (SSSR count). The Kier molecular flexibility index (Phi) is 4.13. The second-order valence-corrected chi connectivity index (χ2v) is 6.55. The van der Waals surface area contributed by atoms with Crippen molar-refractivity contribution < 1.29 is 4.39 Å². The van der Waals surface area contributed by atoms with Crippen molar-refractivity contribution in [2.45, 2.75) is 31.1 Å². The van der Waals surface area contributed by atoms with E-state index in [-0.39, 0.29) is 11.2 Å². The highest BCUT2D eigenvalue weighted by Crippen LogP contribution is 2.36. The molecule has 104 valence electrons. The normalized spacial score (nSPS) is 15.8. The van der Waals surface area contributed by atoms with E-state index in [9.17, 15) is 4.39 Å². The molecular formula is C17H15BrClF. The Balaban J connectivity index is 1.97. The van der Waals surface area contributed by atoms with Crippen molar-refractivity contribution in [3.63, 3.8) is 0 Å². The summed E-state index contributed by atoms with van der Waals surface area (Å²) in [4.78, 5) is 0. The maximum Gasteiger partial charge on any atom is 0.123 e. The Bertz CT molecular complexity index is 639. The van der Waals surface area contributed by atoms with Crippen molar-refractivity contribution in [1.82, 2.24) is 0 Å². The number of benzene rings is 2. The van der Waals surface area contributed by atoms with E-state index in [1.165, 1.54) is 36.1 Å². The minimum Gasteiger partial charge on any atom is -0.207 e. The molecule has 0 saturated heterocycles. The predicted octanol–water partition coefficient (Wildman–Crippen LogP) is 5.80. The standard InChI is InChI=1S/C17H15BrClF/c18-16-8-7-14(20)10-15(16)17(19)13-6-5-11-3-1-2-4-12(11)9-13/h5-10,17H,1-4H2. The van der Waals surface area contributed by atoms with Crippen molar-refractivity contribution in [2.24, 2.45) is 0 Å². The van der Waals surface area contributed by atoms with E-state index in [1.54, 1.807) is 6.07 Å². The zero-order valence-corrected chi connectivity index (χ0v) is 13.3. The lowest BCUT2D eigenvalue weighted by Crippen LogP contribution is -2.04. The Morgan fingerprint density at radius 3 is 2.55 bits per heavy atom. The third kappa shape index (κ3) is 2.77. The van der Waals surface area contributed by atoms with Crippen molar-refractivity contribution in [3.8, 4) is 0 Å². The third-order valence-electron chi connectivity index (χ3n) is 3.90. The number of alkyl halides is 1.